The van der Waals surface area contributed by atoms with E-state index in [9.17, 15) is 0 Å². The topological polar surface area (TPSA) is 28.6 Å². The molecule has 3 rings (SSSR count). The van der Waals surface area contributed by atoms with Crippen molar-refractivity contribution >= 4 is 11.3 Å². The van der Waals surface area contributed by atoms with Crippen molar-refractivity contribution in [2.75, 3.05) is 39.9 Å². The molecule has 0 bridgehead atoms. The number of thiazole rings is 1. The zero-order chi connectivity index (χ0) is 14.7. The summed E-state index contributed by atoms with van der Waals surface area (Å²) < 4.78 is 5.48. The molecule has 0 N–H and O–H groups in total. The molecule has 1 aromatic rings. The van der Waals surface area contributed by atoms with Gasteiger partial charge in [0.1, 0.15) is 5.01 Å². The molecular formula is C16H27N3OS. The minimum absolute atomic E-state index is 0.520. The fourth-order valence-electron chi connectivity index (χ4n) is 4.01. The molecule has 1 atom stereocenters. The van der Waals surface area contributed by atoms with E-state index in [1.165, 1.54) is 50.4 Å². The molecule has 0 aliphatic carbocycles. The number of likely N-dealkylation sites (tertiary alicyclic amines) is 2. The summed E-state index contributed by atoms with van der Waals surface area (Å²) in [5, 5.41) is 3.31. The summed E-state index contributed by atoms with van der Waals surface area (Å²) in [5.74, 6) is 0. The maximum atomic E-state index is 5.48. The number of aromatic nitrogens is 1. The SMILES string of the molecule is CCN1CCC2(CC1)CC(COC)N(Cc1nccs1)C2. The molecule has 1 aromatic heterocycles. The van der Waals surface area contributed by atoms with Gasteiger partial charge in [-0.3, -0.25) is 4.90 Å². The van der Waals surface area contributed by atoms with E-state index in [4.69, 9.17) is 4.74 Å². The van der Waals surface area contributed by atoms with Crippen LogP contribution in [-0.4, -0.2) is 60.7 Å². The molecule has 0 amide bonds. The molecule has 21 heavy (non-hydrogen) atoms. The number of hydrogen-bond donors (Lipinski definition) is 0. The molecule has 2 fully saturated rings. The quantitative estimate of drug-likeness (QED) is 0.835. The molecule has 118 valence electrons. The first kappa shape index (κ1) is 15.4. The van der Waals surface area contributed by atoms with Crippen LogP contribution in [0.25, 0.3) is 0 Å². The van der Waals surface area contributed by atoms with Crippen LogP contribution in [0.4, 0.5) is 0 Å². The fourth-order valence-corrected chi connectivity index (χ4v) is 4.65. The standard InChI is InChI=1S/C16H27N3OS/c1-3-18-7-4-16(5-8-18)10-14(12-20-2)19(13-16)11-15-17-6-9-21-15/h6,9,14H,3-5,7-8,10-13H2,1-2H3. The Morgan fingerprint density at radius 3 is 2.86 bits per heavy atom. The highest BCUT2D eigenvalue weighted by molar-refractivity contribution is 7.09. The number of piperidine rings is 1. The van der Waals surface area contributed by atoms with E-state index in [1.807, 2.05) is 13.3 Å². The lowest BCUT2D eigenvalue weighted by atomic mass is 9.76. The van der Waals surface area contributed by atoms with Crippen molar-refractivity contribution in [2.45, 2.75) is 38.8 Å². The first-order chi connectivity index (χ1) is 10.2. The molecule has 0 aromatic carbocycles. The maximum Gasteiger partial charge on any atom is 0.107 e. The average molecular weight is 309 g/mol. The Balaban J connectivity index is 1.66. The van der Waals surface area contributed by atoms with Gasteiger partial charge in [-0.2, -0.15) is 0 Å². The van der Waals surface area contributed by atoms with Gasteiger partial charge in [-0.15, -0.1) is 11.3 Å². The largest absolute Gasteiger partial charge is 0.383 e. The van der Waals surface area contributed by atoms with E-state index in [2.05, 4.69) is 27.1 Å². The third kappa shape index (κ3) is 3.47. The Kier molecular flexibility index (Phi) is 4.94. The second-order valence-electron chi connectivity index (χ2n) is 6.58. The first-order valence-electron chi connectivity index (χ1n) is 8.08. The zero-order valence-electron chi connectivity index (χ0n) is 13.3. The van der Waals surface area contributed by atoms with E-state index in [1.54, 1.807) is 11.3 Å². The van der Waals surface area contributed by atoms with Gasteiger partial charge in [-0.25, -0.2) is 4.98 Å². The molecule has 3 heterocycles. The third-order valence-electron chi connectivity index (χ3n) is 5.27. The molecule has 2 saturated heterocycles. The zero-order valence-corrected chi connectivity index (χ0v) is 14.1. The van der Waals surface area contributed by atoms with Crippen molar-refractivity contribution < 1.29 is 4.74 Å². The third-order valence-corrected chi connectivity index (χ3v) is 6.03. The van der Waals surface area contributed by atoms with Crippen LogP contribution in [0.5, 0.6) is 0 Å². The predicted octanol–water partition coefficient (Wildman–Crippen LogP) is 2.47. The highest BCUT2D eigenvalue weighted by Crippen LogP contribution is 2.43. The lowest BCUT2D eigenvalue weighted by Gasteiger charge is -2.39. The first-order valence-corrected chi connectivity index (χ1v) is 8.96. The van der Waals surface area contributed by atoms with Gasteiger partial charge in [0.15, 0.2) is 0 Å². The van der Waals surface area contributed by atoms with Crippen LogP contribution in [0.2, 0.25) is 0 Å². The molecule has 2 aliphatic rings. The monoisotopic (exact) mass is 309 g/mol. The summed E-state index contributed by atoms with van der Waals surface area (Å²) in [6, 6.07) is 0.562. The van der Waals surface area contributed by atoms with Gasteiger partial charge in [-0.1, -0.05) is 6.92 Å². The van der Waals surface area contributed by atoms with Crippen molar-refractivity contribution in [3.8, 4) is 0 Å². The van der Waals surface area contributed by atoms with E-state index < -0.39 is 0 Å². The summed E-state index contributed by atoms with van der Waals surface area (Å²) >= 11 is 1.77. The molecule has 1 unspecified atom stereocenters. The van der Waals surface area contributed by atoms with Crippen LogP contribution < -0.4 is 0 Å². The van der Waals surface area contributed by atoms with Crippen molar-refractivity contribution in [3.05, 3.63) is 16.6 Å². The summed E-state index contributed by atoms with van der Waals surface area (Å²) in [5.41, 5.74) is 0.520. The predicted molar refractivity (Wildman–Crippen MR) is 86.6 cm³/mol. The lowest BCUT2D eigenvalue weighted by Crippen LogP contribution is -2.41. The number of ether oxygens (including phenoxy) is 1. The van der Waals surface area contributed by atoms with Crippen LogP contribution in [0.3, 0.4) is 0 Å². The molecule has 2 aliphatic heterocycles. The summed E-state index contributed by atoms with van der Waals surface area (Å²) in [7, 11) is 1.83. The minimum Gasteiger partial charge on any atom is -0.383 e. The minimum atomic E-state index is 0.520. The van der Waals surface area contributed by atoms with Gasteiger partial charge in [-0.05, 0) is 44.3 Å². The second-order valence-corrected chi connectivity index (χ2v) is 7.56. The van der Waals surface area contributed by atoms with Gasteiger partial charge in [0.25, 0.3) is 0 Å². The molecule has 5 heteroatoms. The van der Waals surface area contributed by atoms with Gasteiger partial charge in [0.2, 0.25) is 0 Å². The Hall–Kier alpha value is -0.490. The normalized spacial score (nSPS) is 26.7. The van der Waals surface area contributed by atoms with Crippen molar-refractivity contribution in [1.29, 1.82) is 0 Å². The molecule has 0 radical (unpaired) electrons. The highest BCUT2D eigenvalue weighted by atomic mass is 32.1. The summed E-state index contributed by atoms with van der Waals surface area (Å²) in [6.07, 6.45) is 5.89. The summed E-state index contributed by atoms with van der Waals surface area (Å²) in [4.78, 5) is 9.66. The van der Waals surface area contributed by atoms with E-state index in [-0.39, 0.29) is 0 Å². The fraction of sp³-hybridized carbons (Fsp3) is 0.812. The number of methoxy groups -OCH3 is 1. The van der Waals surface area contributed by atoms with Crippen LogP contribution in [-0.2, 0) is 11.3 Å². The van der Waals surface area contributed by atoms with Crippen LogP contribution in [0.1, 0.15) is 31.2 Å². The van der Waals surface area contributed by atoms with Crippen LogP contribution in [0, 0.1) is 5.41 Å². The van der Waals surface area contributed by atoms with Gasteiger partial charge >= 0.3 is 0 Å². The summed E-state index contributed by atoms with van der Waals surface area (Å²) in [6.45, 7) is 9.06. The van der Waals surface area contributed by atoms with Crippen molar-refractivity contribution in [1.82, 2.24) is 14.8 Å². The second kappa shape index (κ2) is 6.73. The number of rotatable bonds is 5. The lowest BCUT2D eigenvalue weighted by molar-refractivity contribution is 0.108. The Morgan fingerprint density at radius 2 is 2.24 bits per heavy atom. The molecule has 4 nitrogen and oxygen atoms in total. The maximum absolute atomic E-state index is 5.48. The van der Waals surface area contributed by atoms with Crippen molar-refractivity contribution in [2.24, 2.45) is 5.41 Å². The van der Waals surface area contributed by atoms with Crippen LogP contribution >= 0.6 is 11.3 Å². The molecule has 0 saturated carbocycles. The van der Waals surface area contributed by atoms with E-state index in [0.717, 1.165) is 13.2 Å². The number of nitrogens with zero attached hydrogens (tertiary/aromatic N) is 3. The highest BCUT2D eigenvalue weighted by Gasteiger charge is 2.45. The van der Waals surface area contributed by atoms with Crippen LogP contribution in [0.15, 0.2) is 11.6 Å². The van der Waals surface area contributed by atoms with Crippen molar-refractivity contribution in [3.63, 3.8) is 0 Å². The van der Waals surface area contributed by atoms with E-state index in [0.29, 0.717) is 11.5 Å². The average Bonchev–Trinajstić information content (AvgIpc) is 3.10. The van der Waals surface area contributed by atoms with E-state index >= 15 is 0 Å². The number of hydrogen-bond acceptors (Lipinski definition) is 5. The van der Waals surface area contributed by atoms with Gasteiger partial charge in [0, 0.05) is 31.3 Å². The Bertz CT molecular complexity index is 429. The smallest absolute Gasteiger partial charge is 0.107 e. The van der Waals surface area contributed by atoms with Gasteiger partial charge < -0.3 is 9.64 Å². The Labute approximate surface area is 132 Å². The molecule has 1 spiro atoms. The Morgan fingerprint density at radius 1 is 1.43 bits per heavy atom. The van der Waals surface area contributed by atoms with Gasteiger partial charge in [0.05, 0.1) is 13.2 Å². The molecular weight excluding hydrogens is 282 g/mol.